The SMILES string of the molecule is CC(=O)Cc1cc(Br)cc(C#N)c1. The van der Waals surface area contributed by atoms with Crippen molar-refractivity contribution in [1.82, 2.24) is 0 Å². The number of hydrogen-bond donors (Lipinski definition) is 0. The van der Waals surface area contributed by atoms with Crippen LogP contribution in [0.25, 0.3) is 0 Å². The summed E-state index contributed by atoms with van der Waals surface area (Å²) < 4.78 is 0.836. The van der Waals surface area contributed by atoms with E-state index in [1.807, 2.05) is 12.1 Å². The van der Waals surface area contributed by atoms with Crippen LogP contribution < -0.4 is 0 Å². The van der Waals surface area contributed by atoms with Crippen LogP contribution in [0.1, 0.15) is 18.1 Å². The number of nitrogens with zero attached hydrogens (tertiary/aromatic N) is 1. The van der Waals surface area contributed by atoms with Gasteiger partial charge in [-0.25, -0.2) is 0 Å². The Labute approximate surface area is 85.3 Å². The van der Waals surface area contributed by atoms with Gasteiger partial charge in [0.1, 0.15) is 5.78 Å². The molecule has 0 aliphatic carbocycles. The minimum absolute atomic E-state index is 0.0991. The molecule has 0 spiro atoms. The molecule has 0 saturated heterocycles. The van der Waals surface area contributed by atoms with Crippen molar-refractivity contribution in [3.63, 3.8) is 0 Å². The fraction of sp³-hybridized carbons (Fsp3) is 0.200. The smallest absolute Gasteiger partial charge is 0.134 e. The molecule has 0 saturated carbocycles. The average Bonchev–Trinajstić information content (AvgIpc) is 2.01. The molecule has 0 atom stereocenters. The van der Waals surface area contributed by atoms with Crippen LogP contribution in [-0.2, 0) is 11.2 Å². The van der Waals surface area contributed by atoms with Crippen LogP contribution in [0.2, 0.25) is 0 Å². The number of hydrogen-bond acceptors (Lipinski definition) is 2. The molecular formula is C10H8BrNO. The fourth-order valence-corrected chi connectivity index (χ4v) is 1.65. The van der Waals surface area contributed by atoms with Crippen molar-refractivity contribution in [2.24, 2.45) is 0 Å². The zero-order valence-corrected chi connectivity index (χ0v) is 8.76. The molecule has 0 unspecified atom stereocenters. The van der Waals surface area contributed by atoms with Crippen molar-refractivity contribution >= 4 is 21.7 Å². The van der Waals surface area contributed by atoms with Crippen molar-refractivity contribution in [2.45, 2.75) is 13.3 Å². The highest BCUT2D eigenvalue weighted by Gasteiger charge is 2.01. The summed E-state index contributed by atoms with van der Waals surface area (Å²) >= 11 is 3.28. The minimum atomic E-state index is 0.0991. The van der Waals surface area contributed by atoms with Crippen molar-refractivity contribution < 1.29 is 4.79 Å². The van der Waals surface area contributed by atoms with Crippen LogP contribution in [0.15, 0.2) is 22.7 Å². The first-order valence-electron chi connectivity index (χ1n) is 3.81. The summed E-state index contributed by atoms with van der Waals surface area (Å²) in [4.78, 5) is 10.8. The van der Waals surface area contributed by atoms with Crippen LogP contribution in [0.5, 0.6) is 0 Å². The molecule has 0 radical (unpaired) electrons. The lowest BCUT2D eigenvalue weighted by Gasteiger charge is -1.99. The third-order valence-corrected chi connectivity index (χ3v) is 2.00. The Kier molecular flexibility index (Phi) is 3.21. The summed E-state index contributed by atoms with van der Waals surface area (Å²) in [5.74, 6) is 0.0991. The van der Waals surface area contributed by atoms with E-state index in [0.717, 1.165) is 10.0 Å². The molecule has 0 N–H and O–H groups in total. The normalized spacial score (nSPS) is 9.31. The van der Waals surface area contributed by atoms with Gasteiger partial charge in [0, 0.05) is 10.9 Å². The maximum Gasteiger partial charge on any atom is 0.134 e. The van der Waals surface area contributed by atoms with Gasteiger partial charge < -0.3 is 0 Å². The van der Waals surface area contributed by atoms with E-state index in [-0.39, 0.29) is 5.78 Å². The second-order valence-corrected chi connectivity index (χ2v) is 3.75. The molecule has 2 nitrogen and oxygen atoms in total. The monoisotopic (exact) mass is 237 g/mol. The zero-order chi connectivity index (χ0) is 9.84. The average molecular weight is 238 g/mol. The molecule has 0 aliphatic heterocycles. The number of rotatable bonds is 2. The quantitative estimate of drug-likeness (QED) is 0.793. The summed E-state index contributed by atoms with van der Waals surface area (Å²) in [6.07, 6.45) is 0.383. The summed E-state index contributed by atoms with van der Waals surface area (Å²) in [6.45, 7) is 1.53. The van der Waals surface area contributed by atoms with Crippen molar-refractivity contribution in [1.29, 1.82) is 5.26 Å². The van der Waals surface area contributed by atoms with E-state index in [1.54, 1.807) is 12.1 Å². The van der Waals surface area contributed by atoms with E-state index in [4.69, 9.17) is 5.26 Å². The first-order valence-corrected chi connectivity index (χ1v) is 4.60. The van der Waals surface area contributed by atoms with E-state index in [1.165, 1.54) is 6.92 Å². The topological polar surface area (TPSA) is 40.9 Å². The molecular weight excluding hydrogens is 230 g/mol. The van der Waals surface area contributed by atoms with Crippen LogP contribution in [-0.4, -0.2) is 5.78 Å². The third kappa shape index (κ3) is 3.00. The highest BCUT2D eigenvalue weighted by Crippen LogP contribution is 2.15. The second kappa shape index (κ2) is 4.20. The maximum atomic E-state index is 10.8. The van der Waals surface area contributed by atoms with Gasteiger partial charge in [-0.15, -0.1) is 0 Å². The zero-order valence-electron chi connectivity index (χ0n) is 7.17. The fourth-order valence-electron chi connectivity index (χ4n) is 1.10. The molecule has 1 aromatic rings. The van der Waals surface area contributed by atoms with Crippen LogP contribution in [0.3, 0.4) is 0 Å². The number of halogens is 1. The largest absolute Gasteiger partial charge is 0.300 e. The molecule has 3 heteroatoms. The minimum Gasteiger partial charge on any atom is -0.300 e. The molecule has 0 aliphatic rings. The van der Waals surface area contributed by atoms with E-state index in [0.29, 0.717) is 12.0 Å². The molecule has 0 amide bonds. The predicted octanol–water partition coefficient (Wildman–Crippen LogP) is 2.45. The lowest BCUT2D eigenvalue weighted by atomic mass is 10.1. The molecule has 66 valence electrons. The number of nitriles is 1. The summed E-state index contributed by atoms with van der Waals surface area (Å²) in [5, 5.41) is 8.66. The Balaban J connectivity index is 3.03. The Morgan fingerprint density at radius 2 is 2.23 bits per heavy atom. The number of ketones is 1. The molecule has 13 heavy (non-hydrogen) atoms. The van der Waals surface area contributed by atoms with Gasteiger partial charge in [0.05, 0.1) is 11.6 Å². The van der Waals surface area contributed by atoms with Crippen LogP contribution >= 0.6 is 15.9 Å². The van der Waals surface area contributed by atoms with Gasteiger partial charge in [-0.2, -0.15) is 5.26 Å². The van der Waals surface area contributed by atoms with Crippen molar-refractivity contribution in [3.8, 4) is 6.07 Å². The Bertz CT molecular complexity index is 379. The standard InChI is InChI=1S/C10H8BrNO/c1-7(13)2-8-3-9(6-12)5-10(11)4-8/h3-5H,2H2,1H3. The van der Waals surface area contributed by atoms with E-state index in [9.17, 15) is 4.79 Å². The van der Waals surface area contributed by atoms with E-state index in [2.05, 4.69) is 15.9 Å². The van der Waals surface area contributed by atoms with E-state index < -0.39 is 0 Å². The first kappa shape index (κ1) is 9.94. The molecule has 0 fully saturated rings. The van der Waals surface area contributed by atoms with Gasteiger partial charge in [-0.05, 0) is 30.7 Å². The summed E-state index contributed by atoms with van der Waals surface area (Å²) in [5.41, 5.74) is 1.45. The number of carbonyl (C=O) groups is 1. The number of Topliss-reactive ketones (excluding diaryl/α,β-unsaturated/α-hetero) is 1. The summed E-state index contributed by atoms with van der Waals surface area (Å²) in [7, 11) is 0. The Hall–Kier alpha value is -1.14. The van der Waals surface area contributed by atoms with Crippen molar-refractivity contribution in [3.05, 3.63) is 33.8 Å². The third-order valence-electron chi connectivity index (χ3n) is 1.54. The molecule has 0 aromatic heterocycles. The lowest BCUT2D eigenvalue weighted by Crippen LogP contribution is -1.96. The molecule has 0 heterocycles. The Morgan fingerprint density at radius 3 is 2.77 bits per heavy atom. The van der Waals surface area contributed by atoms with Gasteiger partial charge >= 0.3 is 0 Å². The highest BCUT2D eigenvalue weighted by molar-refractivity contribution is 9.10. The van der Waals surface area contributed by atoms with Gasteiger partial charge in [0.25, 0.3) is 0 Å². The summed E-state index contributed by atoms with van der Waals surface area (Å²) in [6, 6.07) is 7.34. The predicted molar refractivity (Wildman–Crippen MR) is 53.2 cm³/mol. The van der Waals surface area contributed by atoms with Gasteiger partial charge in [-0.3, -0.25) is 4.79 Å². The van der Waals surface area contributed by atoms with Crippen LogP contribution in [0, 0.1) is 11.3 Å². The maximum absolute atomic E-state index is 10.8. The molecule has 1 rings (SSSR count). The van der Waals surface area contributed by atoms with Crippen LogP contribution in [0.4, 0.5) is 0 Å². The van der Waals surface area contributed by atoms with Crippen molar-refractivity contribution in [2.75, 3.05) is 0 Å². The first-order chi connectivity index (χ1) is 6.11. The number of carbonyl (C=O) groups excluding carboxylic acids is 1. The second-order valence-electron chi connectivity index (χ2n) is 2.84. The molecule has 1 aromatic carbocycles. The highest BCUT2D eigenvalue weighted by atomic mass is 79.9. The number of benzene rings is 1. The Morgan fingerprint density at radius 1 is 1.54 bits per heavy atom. The lowest BCUT2D eigenvalue weighted by molar-refractivity contribution is -0.116. The van der Waals surface area contributed by atoms with Gasteiger partial charge in [0.15, 0.2) is 0 Å². The van der Waals surface area contributed by atoms with Gasteiger partial charge in [0.2, 0.25) is 0 Å². The van der Waals surface area contributed by atoms with Gasteiger partial charge in [-0.1, -0.05) is 15.9 Å². The van der Waals surface area contributed by atoms with E-state index >= 15 is 0 Å². The molecule has 0 bridgehead atoms.